The maximum absolute atomic E-state index is 13.7. The van der Waals surface area contributed by atoms with Crippen molar-refractivity contribution in [1.82, 2.24) is 5.32 Å². The second kappa shape index (κ2) is 15.6. The first-order chi connectivity index (χ1) is 24.0. The van der Waals surface area contributed by atoms with Gasteiger partial charge in [-0.15, -0.1) is 11.8 Å². The molecule has 1 unspecified atom stereocenters. The Labute approximate surface area is 289 Å². The summed E-state index contributed by atoms with van der Waals surface area (Å²) in [6.45, 7) is 0. The second-order valence-corrected chi connectivity index (χ2v) is 12.2. The molecular weight excluding hydrogens is 631 g/mol. The molecule has 0 radical (unpaired) electrons. The van der Waals surface area contributed by atoms with Crippen molar-refractivity contribution in [3.05, 3.63) is 174 Å². The lowest BCUT2D eigenvalue weighted by atomic mass is 10.0. The Bertz CT molecular complexity index is 2090. The van der Waals surface area contributed by atoms with Gasteiger partial charge in [0.15, 0.2) is 0 Å². The zero-order chi connectivity index (χ0) is 34.0. The van der Waals surface area contributed by atoms with E-state index in [0.29, 0.717) is 22.7 Å². The normalized spacial score (nSPS) is 11.7. The van der Waals surface area contributed by atoms with Crippen molar-refractivity contribution >= 4 is 57.7 Å². The standard InChI is InChI=1S/C41H33N3O4S/c1-48-34-23-19-32(20-24-34)43-41(47)38(29-12-4-2-5-13-29)49-35-25-21-33(22-26-35)42-40(46)37(44-39(45)30-14-6-3-7-15-30)27-31-17-10-16-28-11-8-9-18-36(28)31/h2-27,38H,1H3,(H,42,46)(H,43,47)(H,44,45)/b37-27-. The smallest absolute Gasteiger partial charge is 0.272 e. The Morgan fingerprint density at radius 2 is 1.27 bits per heavy atom. The van der Waals surface area contributed by atoms with Crippen molar-refractivity contribution in [2.45, 2.75) is 10.1 Å². The van der Waals surface area contributed by atoms with Gasteiger partial charge in [-0.2, -0.15) is 0 Å². The average molecular weight is 664 g/mol. The lowest BCUT2D eigenvalue weighted by molar-refractivity contribution is -0.116. The van der Waals surface area contributed by atoms with Gasteiger partial charge in [0.25, 0.3) is 11.8 Å². The summed E-state index contributed by atoms with van der Waals surface area (Å²) in [6.07, 6.45) is 1.69. The molecule has 6 aromatic carbocycles. The first-order valence-electron chi connectivity index (χ1n) is 15.6. The van der Waals surface area contributed by atoms with Crippen molar-refractivity contribution in [2.75, 3.05) is 17.7 Å². The van der Waals surface area contributed by atoms with E-state index >= 15 is 0 Å². The molecule has 3 amide bonds. The van der Waals surface area contributed by atoms with Gasteiger partial charge in [0.05, 0.1) is 7.11 Å². The van der Waals surface area contributed by atoms with Gasteiger partial charge in [-0.05, 0) is 88.6 Å². The first kappa shape index (κ1) is 32.8. The fourth-order valence-electron chi connectivity index (χ4n) is 5.21. The summed E-state index contributed by atoms with van der Waals surface area (Å²) in [6, 6.07) is 46.5. The number of hydrogen-bond acceptors (Lipinski definition) is 5. The molecular formula is C41H33N3O4S. The van der Waals surface area contributed by atoms with Crippen molar-refractivity contribution < 1.29 is 19.1 Å². The number of benzene rings is 6. The van der Waals surface area contributed by atoms with Gasteiger partial charge in [0.2, 0.25) is 5.91 Å². The maximum atomic E-state index is 13.7. The van der Waals surface area contributed by atoms with Gasteiger partial charge in [0, 0.05) is 21.8 Å². The molecule has 0 fully saturated rings. The molecule has 242 valence electrons. The summed E-state index contributed by atoms with van der Waals surface area (Å²) in [5, 5.41) is 10.2. The zero-order valence-electron chi connectivity index (χ0n) is 26.6. The van der Waals surface area contributed by atoms with E-state index in [1.54, 1.807) is 73.8 Å². The summed E-state index contributed by atoms with van der Waals surface area (Å²) >= 11 is 1.40. The quantitative estimate of drug-likeness (QED) is 0.0952. The third kappa shape index (κ3) is 8.43. The largest absolute Gasteiger partial charge is 0.497 e. The van der Waals surface area contributed by atoms with Crippen molar-refractivity contribution in [3.63, 3.8) is 0 Å². The van der Waals surface area contributed by atoms with Crippen molar-refractivity contribution in [2.24, 2.45) is 0 Å². The number of thioether (sulfide) groups is 1. The van der Waals surface area contributed by atoms with E-state index < -0.39 is 17.1 Å². The van der Waals surface area contributed by atoms with Gasteiger partial charge >= 0.3 is 0 Å². The number of rotatable bonds is 11. The monoisotopic (exact) mass is 663 g/mol. The number of anilines is 2. The van der Waals surface area contributed by atoms with E-state index in [1.807, 2.05) is 91.0 Å². The Balaban J connectivity index is 1.21. The molecule has 6 aromatic rings. The summed E-state index contributed by atoms with van der Waals surface area (Å²) in [5.74, 6) is -0.336. The van der Waals surface area contributed by atoms with Gasteiger partial charge in [0.1, 0.15) is 16.7 Å². The van der Waals surface area contributed by atoms with Crippen LogP contribution in [-0.4, -0.2) is 24.8 Å². The van der Waals surface area contributed by atoms with Crippen LogP contribution in [0.2, 0.25) is 0 Å². The molecule has 0 aromatic heterocycles. The lowest BCUT2D eigenvalue weighted by Crippen LogP contribution is -2.30. The molecule has 6 rings (SSSR count). The zero-order valence-corrected chi connectivity index (χ0v) is 27.4. The first-order valence-corrected chi connectivity index (χ1v) is 16.5. The van der Waals surface area contributed by atoms with Gasteiger partial charge in [-0.1, -0.05) is 91.0 Å². The number of ether oxygens (including phenoxy) is 1. The number of methoxy groups -OCH3 is 1. The molecule has 0 saturated carbocycles. The second-order valence-electron chi connectivity index (χ2n) is 11.1. The molecule has 0 saturated heterocycles. The topological polar surface area (TPSA) is 96.5 Å². The van der Waals surface area contributed by atoms with E-state index in [9.17, 15) is 14.4 Å². The van der Waals surface area contributed by atoms with Crippen LogP contribution in [0.5, 0.6) is 5.75 Å². The van der Waals surface area contributed by atoms with E-state index in [2.05, 4.69) is 16.0 Å². The Hall–Kier alpha value is -6.12. The van der Waals surface area contributed by atoms with Crippen LogP contribution in [0.15, 0.2) is 162 Å². The molecule has 0 spiro atoms. The fraction of sp³-hybridized carbons (Fsp3) is 0.0488. The molecule has 0 heterocycles. The Morgan fingerprint density at radius 3 is 1.98 bits per heavy atom. The number of amides is 3. The van der Waals surface area contributed by atoms with Crippen LogP contribution in [0.4, 0.5) is 11.4 Å². The van der Waals surface area contributed by atoms with E-state index in [1.165, 1.54) is 11.8 Å². The number of carbonyl (C=O) groups excluding carboxylic acids is 3. The van der Waals surface area contributed by atoms with Crippen LogP contribution in [0.1, 0.15) is 26.7 Å². The molecule has 0 aliphatic rings. The lowest BCUT2D eigenvalue weighted by Gasteiger charge is -2.18. The summed E-state index contributed by atoms with van der Waals surface area (Å²) in [7, 11) is 1.60. The van der Waals surface area contributed by atoms with Crippen LogP contribution in [-0.2, 0) is 9.59 Å². The maximum Gasteiger partial charge on any atom is 0.272 e. The molecule has 0 aliphatic carbocycles. The highest BCUT2D eigenvalue weighted by Gasteiger charge is 2.23. The van der Waals surface area contributed by atoms with Crippen LogP contribution in [0.3, 0.4) is 0 Å². The number of carbonyl (C=O) groups is 3. The molecule has 7 nitrogen and oxygen atoms in total. The third-order valence-corrected chi connectivity index (χ3v) is 8.98. The minimum atomic E-state index is -0.535. The number of hydrogen-bond donors (Lipinski definition) is 3. The van der Waals surface area contributed by atoms with E-state index in [-0.39, 0.29) is 11.6 Å². The number of fused-ring (bicyclic) bond motifs is 1. The van der Waals surface area contributed by atoms with E-state index in [0.717, 1.165) is 26.8 Å². The molecule has 8 heteroatoms. The molecule has 49 heavy (non-hydrogen) atoms. The van der Waals surface area contributed by atoms with Crippen molar-refractivity contribution in [1.29, 1.82) is 0 Å². The van der Waals surface area contributed by atoms with Crippen LogP contribution in [0, 0.1) is 0 Å². The molecule has 1 atom stereocenters. The molecule has 0 bridgehead atoms. The Morgan fingerprint density at radius 1 is 0.653 bits per heavy atom. The minimum absolute atomic E-state index is 0.100. The van der Waals surface area contributed by atoms with Gasteiger partial charge in [-0.25, -0.2) is 0 Å². The summed E-state index contributed by atoms with van der Waals surface area (Å²) in [4.78, 5) is 41.2. The highest BCUT2D eigenvalue weighted by molar-refractivity contribution is 8.00. The SMILES string of the molecule is COc1ccc(NC(=O)C(Sc2ccc(NC(=O)/C(=C/c3cccc4ccccc34)NC(=O)c3ccccc3)cc2)c2ccccc2)cc1. The Kier molecular flexibility index (Phi) is 10.5. The predicted octanol–water partition coefficient (Wildman–Crippen LogP) is 8.73. The summed E-state index contributed by atoms with van der Waals surface area (Å²) in [5.41, 5.74) is 3.38. The average Bonchev–Trinajstić information content (AvgIpc) is 3.15. The van der Waals surface area contributed by atoms with Crippen LogP contribution in [0.25, 0.3) is 16.8 Å². The van der Waals surface area contributed by atoms with Gasteiger partial charge < -0.3 is 20.7 Å². The van der Waals surface area contributed by atoms with Gasteiger partial charge in [-0.3, -0.25) is 14.4 Å². The molecule has 3 N–H and O–H groups in total. The molecule has 0 aliphatic heterocycles. The van der Waals surface area contributed by atoms with Crippen LogP contribution < -0.4 is 20.7 Å². The van der Waals surface area contributed by atoms with Crippen molar-refractivity contribution in [3.8, 4) is 5.75 Å². The third-order valence-electron chi connectivity index (χ3n) is 7.72. The highest BCUT2D eigenvalue weighted by atomic mass is 32.2. The highest BCUT2D eigenvalue weighted by Crippen LogP contribution is 2.37. The predicted molar refractivity (Wildman–Crippen MR) is 198 cm³/mol. The number of nitrogens with one attached hydrogen (secondary N) is 3. The fourth-order valence-corrected chi connectivity index (χ4v) is 6.23. The van der Waals surface area contributed by atoms with Crippen LogP contribution >= 0.6 is 11.8 Å². The summed E-state index contributed by atoms with van der Waals surface area (Å²) < 4.78 is 5.23. The van der Waals surface area contributed by atoms with E-state index in [4.69, 9.17) is 4.74 Å². The minimum Gasteiger partial charge on any atom is -0.497 e.